The van der Waals surface area contributed by atoms with Crippen LogP contribution < -0.4 is 0 Å². The average molecular weight is 385 g/mol. The summed E-state index contributed by atoms with van der Waals surface area (Å²) in [6.45, 7) is 0. The predicted octanol–water partition coefficient (Wildman–Crippen LogP) is 5.83. The van der Waals surface area contributed by atoms with Crippen molar-refractivity contribution >= 4 is 55.1 Å². The summed E-state index contributed by atoms with van der Waals surface area (Å²) in [5.74, 6) is 0. The van der Waals surface area contributed by atoms with E-state index < -0.39 is 0 Å². The molecule has 0 aliphatic rings. The van der Waals surface area contributed by atoms with Gasteiger partial charge in [-0.25, -0.2) is 0 Å². The Morgan fingerprint density at radius 1 is 1.12 bits per heavy atom. The van der Waals surface area contributed by atoms with E-state index in [0.717, 1.165) is 11.1 Å². The van der Waals surface area contributed by atoms with Gasteiger partial charge in [-0.1, -0.05) is 45.2 Å². The lowest BCUT2D eigenvalue weighted by Crippen LogP contribution is -1.91. The van der Waals surface area contributed by atoms with Crippen molar-refractivity contribution in [3.05, 3.63) is 56.4 Å². The molecule has 1 unspecified atom stereocenters. The van der Waals surface area contributed by atoms with E-state index in [0.29, 0.717) is 14.7 Å². The Labute approximate surface area is 120 Å². The van der Waals surface area contributed by atoms with Gasteiger partial charge in [-0.2, -0.15) is 0 Å². The van der Waals surface area contributed by atoms with E-state index in [4.69, 9.17) is 27.6 Å². The Morgan fingerprint density at radius 2 is 1.88 bits per heavy atom. The van der Waals surface area contributed by atoms with Crippen molar-refractivity contribution in [3.8, 4) is 0 Å². The van der Waals surface area contributed by atoms with Crippen LogP contribution in [0.15, 0.2) is 39.6 Å². The first-order valence-electron chi connectivity index (χ1n) is 4.41. The van der Waals surface area contributed by atoms with Crippen molar-refractivity contribution < 1.29 is 4.42 Å². The van der Waals surface area contributed by atoms with Crippen LogP contribution in [0, 0.1) is 0 Å². The highest BCUT2D eigenvalue weighted by Crippen LogP contribution is 2.37. The first-order chi connectivity index (χ1) is 7.59. The highest BCUT2D eigenvalue weighted by molar-refractivity contribution is 9.10. The normalized spacial score (nSPS) is 12.8. The molecule has 1 aromatic carbocycles. The molecule has 1 atom stereocenters. The maximum atomic E-state index is 5.97. The number of rotatable bonds is 2. The van der Waals surface area contributed by atoms with Crippen LogP contribution in [0.1, 0.15) is 16.0 Å². The van der Waals surface area contributed by atoms with Gasteiger partial charge in [0, 0.05) is 5.56 Å². The van der Waals surface area contributed by atoms with Gasteiger partial charge in [0.25, 0.3) is 0 Å². The molecule has 0 amide bonds. The van der Waals surface area contributed by atoms with Crippen LogP contribution in [0.5, 0.6) is 0 Å². The first kappa shape index (κ1) is 12.5. The number of hydrogen-bond acceptors (Lipinski definition) is 1. The molecule has 2 rings (SSSR count). The minimum atomic E-state index is 0.0235. The SMILES string of the molecule is Clc1ccc(C(Br)c2ccoc2Br)cc1Cl. The molecule has 16 heavy (non-hydrogen) atoms. The predicted molar refractivity (Wildman–Crippen MR) is 73.6 cm³/mol. The van der Waals surface area contributed by atoms with Crippen LogP contribution in [-0.4, -0.2) is 0 Å². The Bertz CT molecular complexity index is 510. The lowest BCUT2D eigenvalue weighted by Gasteiger charge is -2.09. The van der Waals surface area contributed by atoms with E-state index >= 15 is 0 Å². The fourth-order valence-electron chi connectivity index (χ4n) is 1.33. The van der Waals surface area contributed by atoms with Gasteiger partial charge >= 0.3 is 0 Å². The van der Waals surface area contributed by atoms with E-state index in [9.17, 15) is 0 Å². The van der Waals surface area contributed by atoms with Gasteiger partial charge in [-0.15, -0.1) is 0 Å². The van der Waals surface area contributed by atoms with Crippen LogP contribution >= 0.6 is 55.1 Å². The summed E-state index contributed by atoms with van der Waals surface area (Å²) in [5.41, 5.74) is 2.04. The lowest BCUT2D eigenvalue weighted by atomic mass is 10.1. The fourth-order valence-corrected chi connectivity index (χ4v) is 3.06. The number of hydrogen-bond donors (Lipinski definition) is 0. The third-order valence-electron chi connectivity index (χ3n) is 2.16. The highest BCUT2D eigenvalue weighted by Gasteiger charge is 2.16. The number of halogens is 4. The minimum Gasteiger partial charge on any atom is -0.457 e. The molecule has 1 nitrogen and oxygen atoms in total. The summed E-state index contributed by atoms with van der Waals surface area (Å²) in [7, 11) is 0. The Hall–Kier alpha value is 0.0400. The molecule has 0 spiro atoms. The molecule has 1 heterocycles. The van der Waals surface area contributed by atoms with Crippen molar-refractivity contribution in [1.82, 2.24) is 0 Å². The quantitative estimate of drug-likeness (QED) is 0.593. The largest absolute Gasteiger partial charge is 0.457 e. The topological polar surface area (TPSA) is 13.1 Å². The molecule has 5 heteroatoms. The second-order valence-corrected chi connectivity index (χ2v) is 5.64. The van der Waals surface area contributed by atoms with Crippen molar-refractivity contribution in [2.45, 2.75) is 4.83 Å². The van der Waals surface area contributed by atoms with E-state index in [1.165, 1.54) is 0 Å². The standard InChI is InChI=1S/C11H6Br2Cl2O/c12-10(7-3-4-16-11(7)13)6-1-2-8(14)9(15)5-6/h1-5,10H. The summed E-state index contributed by atoms with van der Waals surface area (Å²) in [6.07, 6.45) is 1.63. The van der Waals surface area contributed by atoms with Gasteiger partial charge in [-0.3, -0.25) is 0 Å². The molecule has 2 aromatic rings. The molecule has 0 aliphatic carbocycles. The van der Waals surface area contributed by atoms with Crippen LogP contribution in [0.25, 0.3) is 0 Å². The number of benzene rings is 1. The second-order valence-electron chi connectivity index (χ2n) is 3.19. The molecule has 0 bridgehead atoms. The van der Waals surface area contributed by atoms with Gasteiger partial charge in [0.2, 0.25) is 0 Å². The molecule has 0 saturated carbocycles. The molecule has 0 saturated heterocycles. The molecule has 0 aliphatic heterocycles. The van der Waals surface area contributed by atoms with E-state index in [1.807, 2.05) is 18.2 Å². The number of furan rings is 1. The fraction of sp³-hybridized carbons (Fsp3) is 0.0909. The Kier molecular flexibility index (Phi) is 4.01. The average Bonchev–Trinajstić information content (AvgIpc) is 2.67. The molecule has 84 valence electrons. The van der Waals surface area contributed by atoms with Crippen molar-refractivity contribution in [2.75, 3.05) is 0 Å². The maximum Gasteiger partial charge on any atom is 0.173 e. The molecule has 0 fully saturated rings. The zero-order valence-electron chi connectivity index (χ0n) is 7.88. The van der Waals surface area contributed by atoms with E-state index in [2.05, 4.69) is 31.9 Å². The Morgan fingerprint density at radius 3 is 2.44 bits per heavy atom. The van der Waals surface area contributed by atoms with E-state index in [1.54, 1.807) is 12.3 Å². The lowest BCUT2D eigenvalue weighted by molar-refractivity contribution is 0.537. The van der Waals surface area contributed by atoms with Crippen LogP contribution in [0.4, 0.5) is 0 Å². The Balaban J connectivity index is 2.38. The summed E-state index contributed by atoms with van der Waals surface area (Å²) < 4.78 is 5.90. The molecular formula is C11H6Br2Cl2O. The minimum absolute atomic E-state index is 0.0235. The van der Waals surface area contributed by atoms with Gasteiger partial charge in [0.1, 0.15) is 0 Å². The molecular weight excluding hydrogens is 379 g/mol. The van der Waals surface area contributed by atoms with Crippen LogP contribution in [0.2, 0.25) is 10.0 Å². The van der Waals surface area contributed by atoms with Gasteiger partial charge in [0.05, 0.1) is 21.1 Å². The summed E-state index contributed by atoms with van der Waals surface area (Å²) in [5, 5.41) is 1.10. The molecule has 1 aromatic heterocycles. The zero-order valence-corrected chi connectivity index (χ0v) is 12.6. The van der Waals surface area contributed by atoms with Crippen molar-refractivity contribution in [3.63, 3.8) is 0 Å². The van der Waals surface area contributed by atoms with Crippen molar-refractivity contribution in [1.29, 1.82) is 0 Å². The van der Waals surface area contributed by atoms with Gasteiger partial charge in [0.15, 0.2) is 4.67 Å². The third kappa shape index (κ3) is 2.48. The monoisotopic (exact) mass is 382 g/mol. The highest BCUT2D eigenvalue weighted by atomic mass is 79.9. The van der Waals surface area contributed by atoms with Crippen LogP contribution in [-0.2, 0) is 0 Å². The van der Waals surface area contributed by atoms with Gasteiger partial charge < -0.3 is 4.42 Å². The number of alkyl halides is 1. The first-order valence-corrected chi connectivity index (χ1v) is 6.88. The summed E-state index contributed by atoms with van der Waals surface area (Å²) >= 11 is 18.8. The van der Waals surface area contributed by atoms with Crippen molar-refractivity contribution in [2.24, 2.45) is 0 Å². The third-order valence-corrected chi connectivity index (χ3v) is 4.56. The van der Waals surface area contributed by atoms with E-state index in [-0.39, 0.29) is 4.83 Å². The molecule has 0 radical (unpaired) electrons. The molecule has 0 N–H and O–H groups in total. The maximum absolute atomic E-state index is 5.97. The summed E-state index contributed by atoms with van der Waals surface area (Å²) in [4.78, 5) is 0.0235. The van der Waals surface area contributed by atoms with Crippen LogP contribution in [0.3, 0.4) is 0 Å². The zero-order chi connectivity index (χ0) is 11.7. The summed E-state index contributed by atoms with van der Waals surface area (Å²) in [6, 6.07) is 7.43. The second kappa shape index (κ2) is 5.13. The van der Waals surface area contributed by atoms with Gasteiger partial charge in [-0.05, 0) is 39.7 Å². The smallest absolute Gasteiger partial charge is 0.173 e.